The predicted octanol–water partition coefficient (Wildman–Crippen LogP) is 3.05. The minimum atomic E-state index is -0.251. The monoisotopic (exact) mass is 358 g/mol. The van der Waals surface area contributed by atoms with Gasteiger partial charge in [-0.05, 0) is 40.7 Å². The van der Waals surface area contributed by atoms with Gasteiger partial charge in [-0.2, -0.15) is 0 Å². The molecular weight excluding hydrogens is 328 g/mol. The van der Waals surface area contributed by atoms with E-state index in [9.17, 15) is 4.79 Å². The summed E-state index contributed by atoms with van der Waals surface area (Å²) in [4.78, 5) is 18.6. The van der Waals surface area contributed by atoms with E-state index in [-0.39, 0.29) is 18.0 Å². The minimum Gasteiger partial charge on any atom is -0.459 e. The van der Waals surface area contributed by atoms with Gasteiger partial charge in [0.25, 0.3) is 0 Å². The molecule has 0 atom stereocenters. The second-order valence-electron chi connectivity index (χ2n) is 7.47. The summed E-state index contributed by atoms with van der Waals surface area (Å²) < 4.78 is 5.92. The van der Waals surface area contributed by atoms with Gasteiger partial charge in [-0.15, -0.1) is 0 Å². The molecular formula is C20H30N4O2. The summed E-state index contributed by atoms with van der Waals surface area (Å²) in [5.41, 5.74) is 1.73. The number of nitrogens with one attached hydrogen (secondary N) is 2. The van der Waals surface area contributed by atoms with Gasteiger partial charge >= 0.3 is 0 Å². The van der Waals surface area contributed by atoms with Crippen molar-refractivity contribution >= 4 is 22.8 Å². The molecule has 1 aromatic heterocycles. The van der Waals surface area contributed by atoms with Crippen LogP contribution in [0.15, 0.2) is 33.7 Å². The number of fused-ring (bicyclic) bond motifs is 1. The molecule has 2 rings (SSSR count). The van der Waals surface area contributed by atoms with Crippen LogP contribution in [-0.4, -0.2) is 42.4 Å². The number of carbonyl (C=O) groups excluding carboxylic acids is 1. The second kappa shape index (κ2) is 8.25. The quantitative estimate of drug-likeness (QED) is 0.637. The van der Waals surface area contributed by atoms with Crippen LogP contribution in [0.1, 0.15) is 39.0 Å². The van der Waals surface area contributed by atoms with E-state index < -0.39 is 0 Å². The largest absolute Gasteiger partial charge is 0.459 e. The summed E-state index contributed by atoms with van der Waals surface area (Å²) >= 11 is 0. The number of guanidine groups is 1. The second-order valence-corrected chi connectivity index (χ2v) is 7.47. The molecule has 0 saturated carbocycles. The minimum absolute atomic E-state index is 0.0366. The summed E-state index contributed by atoms with van der Waals surface area (Å²) in [5.74, 6) is 1.48. The highest BCUT2D eigenvalue weighted by atomic mass is 16.3. The number of likely N-dealkylation sites (N-methyl/N-ethyl adjacent to an activating group) is 1. The lowest BCUT2D eigenvalue weighted by molar-refractivity contribution is -0.122. The topological polar surface area (TPSA) is 69.9 Å². The number of nitrogens with zero attached hydrogens (tertiary/aromatic N) is 2. The highest BCUT2D eigenvalue weighted by molar-refractivity contribution is 5.87. The average molecular weight is 358 g/mol. The van der Waals surface area contributed by atoms with Crippen molar-refractivity contribution in [3.05, 3.63) is 35.6 Å². The highest BCUT2D eigenvalue weighted by Crippen LogP contribution is 2.25. The van der Waals surface area contributed by atoms with Crippen LogP contribution < -0.4 is 10.6 Å². The number of aryl methyl sites for hydroxylation is 1. The zero-order valence-corrected chi connectivity index (χ0v) is 16.6. The Balaban J connectivity index is 2.12. The van der Waals surface area contributed by atoms with Crippen LogP contribution in [0.25, 0.3) is 11.0 Å². The van der Waals surface area contributed by atoms with Gasteiger partial charge in [0.1, 0.15) is 17.9 Å². The summed E-state index contributed by atoms with van der Waals surface area (Å²) in [7, 11) is 1.86. The van der Waals surface area contributed by atoms with E-state index in [1.165, 1.54) is 0 Å². The summed E-state index contributed by atoms with van der Waals surface area (Å²) in [6, 6.07) is 7.98. The molecule has 0 unspecified atom stereocenters. The summed E-state index contributed by atoms with van der Waals surface area (Å²) in [5, 5.41) is 7.31. The van der Waals surface area contributed by atoms with E-state index in [4.69, 9.17) is 4.42 Å². The van der Waals surface area contributed by atoms with Crippen molar-refractivity contribution in [3.8, 4) is 0 Å². The Morgan fingerprint density at radius 2 is 1.96 bits per heavy atom. The molecule has 0 saturated heterocycles. The van der Waals surface area contributed by atoms with Crippen molar-refractivity contribution in [2.75, 3.05) is 20.1 Å². The van der Waals surface area contributed by atoms with Crippen molar-refractivity contribution in [2.24, 2.45) is 4.99 Å². The molecule has 1 aromatic carbocycles. The lowest BCUT2D eigenvalue weighted by Gasteiger charge is -2.25. The van der Waals surface area contributed by atoms with Crippen molar-refractivity contribution in [1.82, 2.24) is 15.5 Å². The Hall–Kier alpha value is -2.50. The number of carbonyl (C=O) groups is 1. The predicted molar refractivity (Wildman–Crippen MR) is 106 cm³/mol. The molecule has 2 N–H and O–H groups in total. The van der Waals surface area contributed by atoms with Crippen LogP contribution in [0.5, 0.6) is 0 Å². The van der Waals surface area contributed by atoms with E-state index in [1.54, 1.807) is 0 Å². The maximum absolute atomic E-state index is 12.2. The first-order chi connectivity index (χ1) is 12.2. The van der Waals surface area contributed by atoms with E-state index in [2.05, 4.69) is 21.7 Å². The highest BCUT2D eigenvalue weighted by Gasteiger charge is 2.17. The van der Waals surface area contributed by atoms with E-state index in [1.807, 2.05) is 64.8 Å². The third-order valence-electron chi connectivity index (χ3n) is 3.91. The number of aliphatic imine (C=N–C) groups is 1. The lowest BCUT2D eigenvalue weighted by atomic mass is 10.1. The van der Waals surface area contributed by atoms with Gasteiger partial charge in [-0.25, -0.2) is 4.99 Å². The lowest BCUT2D eigenvalue weighted by Crippen LogP contribution is -2.48. The Bertz CT molecular complexity index is 787. The number of rotatable bonds is 5. The third-order valence-corrected chi connectivity index (χ3v) is 3.91. The molecule has 1 heterocycles. The Morgan fingerprint density at radius 1 is 1.27 bits per heavy atom. The Kier molecular flexibility index (Phi) is 6.29. The molecule has 2 aromatic rings. The fourth-order valence-corrected chi connectivity index (χ4v) is 2.74. The van der Waals surface area contributed by atoms with Gasteiger partial charge in [0.15, 0.2) is 5.96 Å². The fourth-order valence-electron chi connectivity index (χ4n) is 2.74. The first-order valence-corrected chi connectivity index (χ1v) is 8.98. The summed E-state index contributed by atoms with van der Waals surface area (Å²) in [6.45, 7) is 11.3. The normalized spacial score (nSPS) is 12.3. The van der Waals surface area contributed by atoms with Crippen molar-refractivity contribution in [1.29, 1.82) is 0 Å². The van der Waals surface area contributed by atoms with E-state index in [0.717, 1.165) is 28.8 Å². The third kappa shape index (κ3) is 5.25. The van der Waals surface area contributed by atoms with Gasteiger partial charge < -0.3 is 20.0 Å². The number of amides is 1. The van der Waals surface area contributed by atoms with Crippen molar-refractivity contribution in [3.63, 3.8) is 0 Å². The van der Waals surface area contributed by atoms with Crippen molar-refractivity contribution in [2.45, 2.75) is 46.7 Å². The maximum atomic E-state index is 12.2. The van der Waals surface area contributed by atoms with Crippen LogP contribution in [0, 0.1) is 6.92 Å². The van der Waals surface area contributed by atoms with Gasteiger partial charge in [0.05, 0.1) is 6.54 Å². The Labute approximate surface area is 155 Å². The fraction of sp³-hybridized carbons (Fsp3) is 0.500. The van der Waals surface area contributed by atoms with E-state index in [0.29, 0.717) is 12.5 Å². The van der Waals surface area contributed by atoms with Crippen LogP contribution in [-0.2, 0) is 11.3 Å². The Morgan fingerprint density at radius 3 is 2.58 bits per heavy atom. The van der Waals surface area contributed by atoms with Crippen LogP contribution >= 0.6 is 0 Å². The first-order valence-electron chi connectivity index (χ1n) is 8.98. The number of benzene rings is 1. The standard InChI is InChI=1S/C20H30N4O2/c1-7-21-19(24(6)13-18(25)23-20(3,4)5)22-12-17-14(2)15-10-8-9-11-16(15)26-17/h8-11H,7,12-13H2,1-6H3,(H,21,22)(H,23,25). The molecule has 0 radical (unpaired) electrons. The zero-order valence-electron chi connectivity index (χ0n) is 16.6. The molecule has 0 aliphatic carbocycles. The van der Waals surface area contributed by atoms with Crippen LogP contribution in [0.3, 0.4) is 0 Å². The van der Waals surface area contributed by atoms with Gasteiger partial charge in [0, 0.05) is 30.1 Å². The number of para-hydroxylation sites is 1. The van der Waals surface area contributed by atoms with Gasteiger partial charge in [-0.3, -0.25) is 4.79 Å². The SMILES string of the molecule is CCNC(=NCc1oc2ccccc2c1C)N(C)CC(=O)NC(C)(C)C. The molecule has 26 heavy (non-hydrogen) atoms. The van der Waals surface area contributed by atoms with Crippen LogP contribution in [0.4, 0.5) is 0 Å². The molecule has 0 aliphatic rings. The van der Waals surface area contributed by atoms with Crippen molar-refractivity contribution < 1.29 is 9.21 Å². The zero-order chi connectivity index (χ0) is 19.3. The molecule has 0 aliphatic heterocycles. The summed E-state index contributed by atoms with van der Waals surface area (Å²) in [6.07, 6.45) is 0. The first kappa shape index (κ1) is 19.8. The number of furan rings is 1. The van der Waals surface area contributed by atoms with Gasteiger partial charge in [0.2, 0.25) is 5.91 Å². The van der Waals surface area contributed by atoms with Gasteiger partial charge in [-0.1, -0.05) is 18.2 Å². The molecule has 142 valence electrons. The van der Waals surface area contributed by atoms with Crippen LogP contribution in [0.2, 0.25) is 0 Å². The molecule has 0 spiro atoms. The smallest absolute Gasteiger partial charge is 0.240 e. The molecule has 1 amide bonds. The molecule has 0 fully saturated rings. The average Bonchev–Trinajstić information content (AvgIpc) is 2.86. The number of hydrogen-bond donors (Lipinski definition) is 2. The molecule has 6 nitrogen and oxygen atoms in total. The molecule has 6 heteroatoms. The maximum Gasteiger partial charge on any atom is 0.240 e. The molecule has 0 bridgehead atoms. The number of hydrogen-bond acceptors (Lipinski definition) is 3. The van der Waals surface area contributed by atoms with E-state index >= 15 is 0 Å².